The summed E-state index contributed by atoms with van der Waals surface area (Å²) in [6, 6.07) is 9.65. The number of methoxy groups -OCH3 is 2. The summed E-state index contributed by atoms with van der Waals surface area (Å²) in [6.07, 6.45) is -0.0378. The first-order valence-electron chi connectivity index (χ1n) is 10.9. The van der Waals surface area contributed by atoms with Gasteiger partial charge in [0, 0.05) is 0 Å². The highest BCUT2D eigenvalue weighted by molar-refractivity contribution is 7.92. The Kier molecular flexibility index (Phi) is 8.34. The molecule has 35 heavy (non-hydrogen) atoms. The number of hydrogen-bond acceptors (Lipinski definition) is 8. The molecule has 0 aliphatic rings. The van der Waals surface area contributed by atoms with Gasteiger partial charge < -0.3 is 18.8 Å². The number of hydrogen-bond donors (Lipinski definition) is 0. The van der Waals surface area contributed by atoms with Gasteiger partial charge in [-0.15, -0.1) is 0 Å². The topological polar surface area (TPSA) is 113 Å². The monoisotopic (exact) mass is 520 g/mol. The van der Waals surface area contributed by atoms with Gasteiger partial charge >= 0.3 is 5.97 Å². The van der Waals surface area contributed by atoms with E-state index in [1.165, 1.54) is 37.7 Å². The molecule has 0 aliphatic heterocycles. The van der Waals surface area contributed by atoms with Crippen molar-refractivity contribution in [3.05, 3.63) is 46.8 Å². The van der Waals surface area contributed by atoms with Gasteiger partial charge in [-0.3, -0.25) is 9.59 Å². The molecule has 1 aromatic heterocycles. The number of fused-ring (bicyclic) bond motifs is 1. The third-order valence-corrected chi connectivity index (χ3v) is 8.50. The van der Waals surface area contributed by atoms with Crippen molar-refractivity contribution in [3.63, 3.8) is 0 Å². The molecule has 3 aromatic rings. The van der Waals surface area contributed by atoms with E-state index in [-0.39, 0.29) is 24.5 Å². The number of thiazole rings is 1. The number of amides is 1. The summed E-state index contributed by atoms with van der Waals surface area (Å²) in [4.78, 5) is 29.9. The average molecular weight is 521 g/mol. The summed E-state index contributed by atoms with van der Waals surface area (Å²) in [5, 5.41) is -0.540. The Labute approximate surface area is 207 Å². The zero-order valence-electron chi connectivity index (χ0n) is 20.2. The fourth-order valence-corrected chi connectivity index (χ4v) is 5.63. The van der Waals surface area contributed by atoms with Crippen LogP contribution in [0.3, 0.4) is 0 Å². The third-order valence-electron chi connectivity index (χ3n) is 5.23. The average Bonchev–Trinajstić information content (AvgIpc) is 3.16. The van der Waals surface area contributed by atoms with Gasteiger partial charge in [-0.2, -0.15) is 4.99 Å². The second-order valence-electron chi connectivity index (χ2n) is 7.84. The van der Waals surface area contributed by atoms with Gasteiger partial charge in [0.1, 0.15) is 28.3 Å². The van der Waals surface area contributed by atoms with Gasteiger partial charge in [0.15, 0.2) is 14.6 Å². The zero-order valence-corrected chi connectivity index (χ0v) is 21.9. The lowest BCUT2D eigenvalue weighted by Gasteiger charge is -2.10. The van der Waals surface area contributed by atoms with Gasteiger partial charge in [0.05, 0.1) is 37.4 Å². The minimum atomic E-state index is -3.40. The molecule has 0 saturated carbocycles. The first-order valence-corrected chi connectivity index (χ1v) is 13.3. The molecule has 0 saturated heterocycles. The molecule has 0 N–H and O–H groups in total. The SMILES string of the molecule is CCOC(=O)Cn1c(=NC(=O)Cc2ccc(S(=O)(=O)C(C)C)cc2)sc2c(OC)ccc(OC)c21. The molecule has 2 aromatic carbocycles. The number of aromatic nitrogens is 1. The van der Waals surface area contributed by atoms with Crippen molar-refractivity contribution in [2.45, 2.75) is 43.9 Å². The quantitative estimate of drug-likeness (QED) is 0.398. The molecule has 0 atom stereocenters. The number of carbonyl (C=O) groups is 2. The van der Waals surface area contributed by atoms with Crippen molar-refractivity contribution in [2.75, 3.05) is 20.8 Å². The second-order valence-corrected chi connectivity index (χ2v) is 11.3. The summed E-state index contributed by atoms with van der Waals surface area (Å²) < 4.78 is 42.9. The Morgan fingerprint density at radius 1 is 1.03 bits per heavy atom. The van der Waals surface area contributed by atoms with Gasteiger partial charge in [-0.25, -0.2) is 8.42 Å². The van der Waals surface area contributed by atoms with Crippen molar-refractivity contribution in [1.29, 1.82) is 0 Å². The summed E-state index contributed by atoms with van der Waals surface area (Å²) in [6.45, 7) is 5.00. The molecule has 0 bridgehead atoms. The van der Waals surface area contributed by atoms with Crippen LogP contribution in [0, 0.1) is 0 Å². The van der Waals surface area contributed by atoms with Crippen LogP contribution in [0.25, 0.3) is 10.2 Å². The Hall–Kier alpha value is -3.18. The molecule has 3 rings (SSSR count). The predicted molar refractivity (Wildman–Crippen MR) is 133 cm³/mol. The van der Waals surface area contributed by atoms with Gasteiger partial charge in [0.2, 0.25) is 0 Å². The Balaban J connectivity index is 2.02. The van der Waals surface area contributed by atoms with Crippen LogP contribution < -0.4 is 14.3 Å². The van der Waals surface area contributed by atoms with E-state index in [0.29, 0.717) is 32.1 Å². The van der Waals surface area contributed by atoms with E-state index in [2.05, 4.69) is 4.99 Å². The van der Waals surface area contributed by atoms with E-state index < -0.39 is 27.0 Å². The standard InChI is InChI=1S/C24H28N2O7S2/c1-6-33-21(28)14-26-22-18(31-4)11-12-19(32-5)23(22)34-24(26)25-20(27)13-16-7-9-17(10-8-16)35(29,30)15(2)3/h7-12,15H,6,13-14H2,1-5H3. The van der Waals surface area contributed by atoms with E-state index in [4.69, 9.17) is 14.2 Å². The highest BCUT2D eigenvalue weighted by Crippen LogP contribution is 2.35. The lowest BCUT2D eigenvalue weighted by Crippen LogP contribution is -2.23. The molecule has 9 nitrogen and oxygen atoms in total. The minimum Gasteiger partial charge on any atom is -0.495 e. The predicted octanol–water partition coefficient (Wildman–Crippen LogP) is 3.14. The Bertz CT molecular complexity index is 1400. The molecular formula is C24H28N2O7S2. The van der Waals surface area contributed by atoms with E-state index in [0.717, 1.165) is 0 Å². The number of benzene rings is 2. The van der Waals surface area contributed by atoms with Crippen LogP contribution >= 0.6 is 11.3 Å². The maximum atomic E-state index is 12.9. The first kappa shape index (κ1) is 26.4. The number of esters is 1. The highest BCUT2D eigenvalue weighted by Gasteiger charge is 2.20. The van der Waals surface area contributed by atoms with Crippen molar-refractivity contribution >= 4 is 43.3 Å². The molecule has 0 spiro atoms. The largest absolute Gasteiger partial charge is 0.495 e. The number of ether oxygens (including phenoxy) is 3. The molecular weight excluding hydrogens is 492 g/mol. The molecule has 0 aliphatic carbocycles. The summed E-state index contributed by atoms with van der Waals surface area (Å²) in [5.41, 5.74) is 1.19. The number of carbonyl (C=O) groups excluding carboxylic acids is 2. The second kappa shape index (κ2) is 11.0. The normalized spacial score (nSPS) is 12.2. The molecule has 0 unspecified atom stereocenters. The molecule has 0 radical (unpaired) electrons. The van der Waals surface area contributed by atoms with Crippen LogP contribution in [0.5, 0.6) is 11.5 Å². The molecule has 11 heteroatoms. The highest BCUT2D eigenvalue weighted by atomic mass is 32.2. The van der Waals surface area contributed by atoms with Crippen LogP contribution in [0.1, 0.15) is 26.3 Å². The van der Waals surface area contributed by atoms with Gasteiger partial charge in [-0.1, -0.05) is 23.5 Å². The van der Waals surface area contributed by atoms with Gasteiger partial charge in [-0.05, 0) is 50.6 Å². The van der Waals surface area contributed by atoms with Crippen molar-refractivity contribution in [1.82, 2.24) is 4.57 Å². The zero-order chi connectivity index (χ0) is 25.8. The number of nitrogens with zero attached hydrogens (tertiary/aromatic N) is 2. The van der Waals surface area contributed by atoms with E-state index in [9.17, 15) is 18.0 Å². The number of rotatable bonds is 9. The lowest BCUT2D eigenvalue weighted by atomic mass is 10.1. The van der Waals surface area contributed by atoms with E-state index in [1.54, 1.807) is 49.6 Å². The van der Waals surface area contributed by atoms with Crippen LogP contribution in [-0.2, 0) is 37.1 Å². The van der Waals surface area contributed by atoms with Crippen LogP contribution in [0.2, 0.25) is 0 Å². The lowest BCUT2D eigenvalue weighted by molar-refractivity contribution is -0.143. The fraction of sp³-hybridized carbons (Fsp3) is 0.375. The van der Waals surface area contributed by atoms with Crippen molar-refractivity contribution in [2.24, 2.45) is 4.99 Å². The van der Waals surface area contributed by atoms with Crippen molar-refractivity contribution in [3.8, 4) is 11.5 Å². The van der Waals surface area contributed by atoms with Crippen LogP contribution in [0.4, 0.5) is 0 Å². The fourth-order valence-electron chi connectivity index (χ4n) is 3.41. The first-order chi connectivity index (χ1) is 16.6. The van der Waals surface area contributed by atoms with Gasteiger partial charge in [0.25, 0.3) is 5.91 Å². The van der Waals surface area contributed by atoms with Crippen molar-refractivity contribution < 1.29 is 32.2 Å². The van der Waals surface area contributed by atoms with E-state index in [1.807, 2.05) is 0 Å². The molecule has 1 amide bonds. The molecule has 188 valence electrons. The maximum Gasteiger partial charge on any atom is 0.326 e. The van der Waals surface area contributed by atoms with Crippen LogP contribution in [-0.4, -0.2) is 50.9 Å². The Morgan fingerprint density at radius 2 is 1.66 bits per heavy atom. The molecule has 1 heterocycles. The maximum absolute atomic E-state index is 12.9. The minimum absolute atomic E-state index is 0.0378. The third kappa shape index (κ3) is 5.73. The summed E-state index contributed by atoms with van der Waals surface area (Å²) >= 11 is 1.20. The summed E-state index contributed by atoms with van der Waals surface area (Å²) in [7, 11) is -0.356. The smallest absolute Gasteiger partial charge is 0.326 e. The van der Waals surface area contributed by atoms with Crippen LogP contribution in [0.15, 0.2) is 46.3 Å². The Morgan fingerprint density at radius 3 is 2.23 bits per heavy atom. The molecule has 0 fully saturated rings. The van der Waals surface area contributed by atoms with E-state index >= 15 is 0 Å². The number of sulfone groups is 1. The summed E-state index contributed by atoms with van der Waals surface area (Å²) in [5.74, 6) is 0.121.